The summed E-state index contributed by atoms with van der Waals surface area (Å²) < 4.78 is 0. The van der Waals surface area contributed by atoms with E-state index in [2.05, 4.69) is 10.3 Å². The third-order valence-corrected chi connectivity index (χ3v) is 2.67. The molecule has 1 fully saturated rings. The Morgan fingerprint density at radius 1 is 1.47 bits per heavy atom. The summed E-state index contributed by atoms with van der Waals surface area (Å²) >= 11 is 0. The van der Waals surface area contributed by atoms with Crippen LogP contribution >= 0.6 is 0 Å². The molecule has 1 aliphatic rings. The molecule has 80 valence electrons. The van der Waals surface area contributed by atoms with Gasteiger partial charge in [-0.05, 0) is 25.0 Å². The molecule has 0 saturated carbocycles. The van der Waals surface area contributed by atoms with Crippen LogP contribution in [0.4, 0.5) is 5.82 Å². The Kier molecular flexibility index (Phi) is 2.85. The van der Waals surface area contributed by atoms with Gasteiger partial charge in [-0.3, -0.25) is 4.79 Å². The van der Waals surface area contributed by atoms with Gasteiger partial charge in [0.15, 0.2) is 0 Å². The lowest BCUT2D eigenvalue weighted by Gasteiger charge is -2.16. The Morgan fingerprint density at radius 3 is 2.87 bits per heavy atom. The number of pyridine rings is 1. The number of nitrogens with zero attached hydrogens (tertiary/aromatic N) is 2. The number of hydrogen-bond donors (Lipinski definition) is 1. The summed E-state index contributed by atoms with van der Waals surface area (Å²) in [5.41, 5.74) is 0.668. The molecule has 0 spiro atoms. The number of hydrogen-bond acceptors (Lipinski definition) is 3. The summed E-state index contributed by atoms with van der Waals surface area (Å²) in [5, 5.41) is 2.94. The van der Waals surface area contributed by atoms with E-state index in [1.807, 2.05) is 11.0 Å². The van der Waals surface area contributed by atoms with Gasteiger partial charge in [0.2, 0.25) is 0 Å². The number of aromatic nitrogens is 1. The fraction of sp³-hybridized carbons (Fsp3) is 0.455. The van der Waals surface area contributed by atoms with E-state index in [1.54, 1.807) is 19.3 Å². The van der Waals surface area contributed by atoms with Gasteiger partial charge in [0, 0.05) is 26.3 Å². The van der Waals surface area contributed by atoms with Gasteiger partial charge in [-0.2, -0.15) is 0 Å². The van der Waals surface area contributed by atoms with Crippen molar-refractivity contribution in [1.29, 1.82) is 0 Å². The van der Waals surface area contributed by atoms with E-state index in [4.69, 9.17) is 0 Å². The maximum absolute atomic E-state index is 12.1. The smallest absolute Gasteiger partial charge is 0.257 e. The molecule has 1 aromatic heterocycles. The summed E-state index contributed by atoms with van der Waals surface area (Å²) in [4.78, 5) is 18.1. The Balaban J connectivity index is 2.24. The lowest BCUT2D eigenvalue weighted by atomic mass is 10.2. The quantitative estimate of drug-likeness (QED) is 0.793. The van der Waals surface area contributed by atoms with Crippen LogP contribution in [-0.2, 0) is 0 Å². The first-order chi connectivity index (χ1) is 7.33. The minimum absolute atomic E-state index is 0.0879. The zero-order chi connectivity index (χ0) is 10.7. The lowest BCUT2D eigenvalue weighted by Crippen LogP contribution is -2.28. The van der Waals surface area contributed by atoms with Gasteiger partial charge in [-0.15, -0.1) is 0 Å². The van der Waals surface area contributed by atoms with Crippen molar-refractivity contribution in [2.45, 2.75) is 12.8 Å². The average molecular weight is 205 g/mol. The van der Waals surface area contributed by atoms with E-state index in [0.717, 1.165) is 25.9 Å². The average Bonchev–Trinajstić information content (AvgIpc) is 2.81. The van der Waals surface area contributed by atoms with E-state index in [9.17, 15) is 4.79 Å². The van der Waals surface area contributed by atoms with Crippen LogP contribution < -0.4 is 5.32 Å². The topological polar surface area (TPSA) is 45.2 Å². The molecule has 2 heterocycles. The maximum Gasteiger partial charge on any atom is 0.257 e. The Morgan fingerprint density at radius 2 is 2.20 bits per heavy atom. The van der Waals surface area contributed by atoms with Crippen LogP contribution in [0.25, 0.3) is 0 Å². The Hall–Kier alpha value is -1.58. The highest BCUT2D eigenvalue weighted by molar-refractivity contribution is 5.98. The first-order valence-electron chi connectivity index (χ1n) is 5.25. The number of carbonyl (C=O) groups is 1. The van der Waals surface area contributed by atoms with Crippen molar-refractivity contribution < 1.29 is 4.79 Å². The van der Waals surface area contributed by atoms with E-state index in [1.165, 1.54) is 0 Å². The molecule has 4 heteroatoms. The molecule has 1 aliphatic heterocycles. The number of amides is 1. The number of nitrogens with one attached hydrogen (secondary N) is 1. The molecule has 15 heavy (non-hydrogen) atoms. The third kappa shape index (κ3) is 1.93. The Bertz CT molecular complexity index is 359. The summed E-state index contributed by atoms with van der Waals surface area (Å²) in [6.45, 7) is 1.74. The molecule has 0 radical (unpaired) electrons. The van der Waals surface area contributed by atoms with Crippen LogP contribution in [0, 0.1) is 0 Å². The molecule has 0 unspecified atom stereocenters. The molecule has 2 rings (SSSR count). The van der Waals surface area contributed by atoms with Crippen molar-refractivity contribution in [3.63, 3.8) is 0 Å². The third-order valence-electron chi connectivity index (χ3n) is 2.67. The fourth-order valence-electron chi connectivity index (χ4n) is 1.87. The molecule has 1 amide bonds. The van der Waals surface area contributed by atoms with Crippen molar-refractivity contribution >= 4 is 11.7 Å². The van der Waals surface area contributed by atoms with Crippen molar-refractivity contribution in [3.8, 4) is 0 Å². The second kappa shape index (κ2) is 4.29. The van der Waals surface area contributed by atoms with Crippen LogP contribution in [0.1, 0.15) is 23.2 Å². The van der Waals surface area contributed by atoms with Crippen molar-refractivity contribution in [2.75, 3.05) is 25.5 Å². The zero-order valence-corrected chi connectivity index (χ0v) is 8.86. The number of rotatable bonds is 2. The van der Waals surface area contributed by atoms with Gasteiger partial charge in [0.25, 0.3) is 5.91 Å². The molecular formula is C11H15N3O. The van der Waals surface area contributed by atoms with Gasteiger partial charge in [-0.25, -0.2) is 4.98 Å². The lowest BCUT2D eigenvalue weighted by molar-refractivity contribution is 0.0793. The van der Waals surface area contributed by atoms with Crippen molar-refractivity contribution in [2.24, 2.45) is 0 Å². The van der Waals surface area contributed by atoms with Gasteiger partial charge in [-0.1, -0.05) is 0 Å². The van der Waals surface area contributed by atoms with Gasteiger partial charge >= 0.3 is 0 Å². The molecule has 1 aromatic rings. The first kappa shape index (κ1) is 9.96. The van der Waals surface area contributed by atoms with Gasteiger partial charge < -0.3 is 10.2 Å². The predicted octanol–water partition coefficient (Wildman–Crippen LogP) is 1.36. The predicted molar refractivity (Wildman–Crippen MR) is 58.9 cm³/mol. The fourth-order valence-corrected chi connectivity index (χ4v) is 1.87. The summed E-state index contributed by atoms with van der Waals surface area (Å²) in [6, 6.07) is 3.61. The van der Waals surface area contributed by atoms with E-state index < -0.39 is 0 Å². The van der Waals surface area contributed by atoms with Crippen molar-refractivity contribution in [1.82, 2.24) is 9.88 Å². The minimum Gasteiger partial charge on any atom is -0.372 e. The number of anilines is 1. The minimum atomic E-state index is 0.0879. The molecule has 0 aromatic carbocycles. The second-order valence-corrected chi connectivity index (χ2v) is 3.65. The molecular weight excluding hydrogens is 190 g/mol. The summed E-state index contributed by atoms with van der Waals surface area (Å²) in [7, 11) is 1.78. The van der Waals surface area contributed by atoms with Crippen LogP contribution in [0.3, 0.4) is 0 Å². The van der Waals surface area contributed by atoms with E-state index in [-0.39, 0.29) is 5.91 Å². The van der Waals surface area contributed by atoms with E-state index >= 15 is 0 Å². The van der Waals surface area contributed by atoms with Gasteiger partial charge in [0.1, 0.15) is 5.82 Å². The summed E-state index contributed by atoms with van der Waals surface area (Å²) in [6.07, 6.45) is 3.91. The number of likely N-dealkylation sites (tertiary alicyclic amines) is 1. The first-order valence-corrected chi connectivity index (χ1v) is 5.25. The van der Waals surface area contributed by atoms with Gasteiger partial charge in [0.05, 0.1) is 5.56 Å². The summed E-state index contributed by atoms with van der Waals surface area (Å²) in [5.74, 6) is 0.749. The molecule has 0 bridgehead atoms. The molecule has 4 nitrogen and oxygen atoms in total. The largest absolute Gasteiger partial charge is 0.372 e. The van der Waals surface area contributed by atoms with E-state index in [0.29, 0.717) is 11.4 Å². The van der Waals surface area contributed by atoms with Crippen molar-refractivity contribution in [3.05, 3.63) is 23.9 Å². The van der Waals surface area contributed by atoms with Crippen LogP contribution in [0.2, 0.25) is 0 Å². The Labute approximate surface area is 89.3 Å². The van der Waals surface area contributed by atoms with Crippen LogP contribution in [0.5, 0.6) is 0 Å². The highest BCUT2D eigenvalue weighted by Gasteiger charge is 2.21. The molecule has 1 N–H and O–H groups in total. The van der Waals surface area contributed by atoms with Crippen LogP contribution in [0.15, 0.2) is 18.3 Å². The maximum atomic E-state index is 12.1. The SMILES string of the molecule is CNc1ncccc1C(=O)N1CCCC1. The highest BCUT2D eigenvalue weighted by Crippen LogP contribution is 2.17. The second-order valence-electron chi connectivity index (χ2n) is 3.65. The molecule has 0 aliphatic carbocycles. The zero-order valence-electron chi connectivity index (χ0n) is 8.86. The highest BCUT2D eigenvalue weighted by atomic mass is 16.2. The normalized spacial score (nSPS) is 15.4. The monoisotopic (exact) mass is 205 g/mol. The molecule has 0 atom stereocenters. The molecule has 1 saturated heterocycles. The number of carbonyl (C=O) groups excluding carboxylic acids is 1. The standard InChI is InChI=1S/C11H15N3O/c1-12-10-9(5-4-6-13-10)11(15)14-7-2-3-8-14/h4-6H,2-3,7-8H2,1H3,(H,12,13). The van der Waals surface area contributed by atoms with Crippen LogP contribution in [-0.4, -0.2) is 35.9 Å².